The van der Waals surface area contributed by atoms with Gasteiger partial charge in [0.1, 0.15) is 5.82 Å². The molecule has 4 nitrogen and oxygen atoms in total. The van der Waals surface area contributed by atoms with Crippen LogP contribution in [0, 0.1) is 6.92 Å². The lowest BCUT2D eigenvalue weighted by molar-refractivity contribution is 0.0953. The zero-order chi connectivity index (χ0) is 24.0. The molecule has 4 heteroatoms. The summed E-state index contributed by atoms with van der Waals surface area (Å²) in [7, 11) is 0. The molecule has 0 saturated carbocycles. The zero-order valence-corrected chi connectivity index (χ0v) is 20.2. The Kier molecular flexibility index (Phi) is 6.89. The number of aromatic nitrogens is 2. The molecule has 5 rings (SSSR count). The summed E-state index contributed by atoms with van der Waals surface area (Å²) < 4.78 is 2.36. The molecule has 4 aromatic carbocycles. The SMILES string of the molecule is Cc1ccc(C(=O)NCCCCCc2nc3ccccc3n2Cc2ccc3ccccc3c2)cc1. The lowest BCUT2D eigenvalue weighted by Gasteiger charge is -2.11. The molecule has 5 aromatic rings. The molecule has 176 valence electrons. The zero-order valence-electron chi connectivity index (χ0n) is 20.2. The second-order valence-corrected chi connectivity index (χ2v) is 9.22. The molecule has 1 heterocycles. The predicted molar refractivity (Wildman–Crippen MR) is 144 cm³/mol. The van der Waals surface area contributed by atoms with Crippen LogP contribution < -0.4 is 5.32 Å². The van der Waals surface area contributed by atoms with Crippen LogP contribution in [-0.4, -0.2) is 22.0 Å². The summed E-state index contributed by atoms with van der Waals surface area (Å²) in [5.74, 6) is 1.13. The maximum atomic E-state index is 12.3. The van der Waals surface area contributed by atoms with Crippen LogP contribution in [0.4, 0.5) is 0 Å². The van der Waals surface area contributed by atoms with E-state index in [0.717, 1.165) is 54.7 Å². The summed E-state index contributed by atoms with van der Waals surface area (Å²) in [5, 5.41) is 5.57. The Hall–Kier alpha value is -3.92. The van der Waals surface area contributed by atoms with Crippen molar-refractivity contribution in [2.24, 2.45) is 0 Å². The van der Waals surface area contributed by atoms with Crippen LogP contribution in [-0.2, 0) is 13.0 Å². The van der Waals surface area contributed by atoms with Crippen LogP contribution in [0.5, 0.6) is 0 Å². The first kappa shape index (κ1) is 22.9. The summed E-state index contributed by atoms with van der Waals surface area (Å²) in [6.07, 6.45) is 3.98. The molecule has 0 aliphatic carbocycles. The number of carbonyl (C=O) groups is 1. The van der Waals surface area contributed by atoms with Gasteiger partial charge in [-0.25, -0.2) is 4.98 Å². The first-order valence-corrected chi connectivity index (χ1v) is 12.4. The Morgan fingerprint density at radius 3 is 2.46 bits per heavy atom. The normalized spacial score (nSPS) is 11.2. The minimum atomic E-state index is 0.00202. The summed E-state index contributed by atoms with van der Waals surface area (Å²) >= 11 is 0. The molecular formula is C31H31N3O. The molecule has 0 fully saturated rings. The molecule has 35 heavy (non-hydrogen) atoms. The highest BCUT2D eigenvalue weighted by atomic mass is 16.1. The van der Waals surface area contributed by atoms with Crippen LogP contribution in [0.15, 0.2) is 91.0 Å². The van der Waals surface area contributed by atoms with Crippen LogP contribution in [0.3, 0.4) is 0 Å². The largest absolute Gasteiger partial charge is 0.352 e. The van der Waals surface area contributed by atoms with E-state index in [1.165, 1.54) is 21.9 Å². The minimum Gasteiger partial charge on any atom is -0.352 e. The molecule has 0 bridgehead atoms. The standard InChI is InChI=1S/C31H31N3O/c1-23-14-17-26(18-15-23)31(35)32-20-8-2-3-13-30-33-28-11-6-7-12-29(28)34(30)22-24-16-19-25-9-4-5-10-27(25)21-24/h4-7,9-12,14-19,21H,2-3,8,13,20,22H2,1H3,(H,32,35). The molecule has 0 radical (unpaired) electrons. The Morgan fingerprint density at radius 1 is 0.829 bits per heavy atom. The average Bonchev–Trinajstić information content (AvgIpc) is 3.23. The van der Waals surface area contributed by atoms with Crippen molar-refractivity contribution in [1.29, 1.82) is 0 Å². The number of hydrogen-bond donors (Lipinski definition) is 1. The Morgan fingerprint density at radius 2 is 1.60 bits per heavy atom. The van der Waals surface area contributed by atoms with Gasteiger partial charge in [-0.2, -0.15) is 0 Å². The van der Waals surface area contributed by atoms with Crippen molar-refractivity contribution >= 4 is 27.7 Å². The number of imidazole rings is 1. The molecule has 1 amide bonds. The Labute approximate surface area is 206 Å². The molecule has 1 N–H and O–H groups in total. The number of nitrogens with zero attached hydrogens (tertiary/aromatic N) is 2. The molecular weight excluding hydrogens is 430 g/mol. The van der Waals surface area contributed by atoms with E-state index in [9.17, 15) is 4.79 Å². The van der Waals surface area contributed by atoms with Gasteiger partial charge in [-0.3, -0.25) is 4.79 Å². The second-order valence-electron chi connectivity index (χ2n) is 9.22. The van der Waals surface area contributed by atoms with Gasteiger partial charge < -0.3 is 9.88 Å². The predicted octanol–water partition coefficient (Wildman–Crippen LogP) is 6.69. The lowest BCUT2D eigenvalue weighted by Crippen LogP contribution is -2.24. The van der Waals surface area contributed by atoms with E-state index in [0.29, 0.717) is 6.54 Å². The first-order chi connectivity index (χ1) is 17.2. The van der Waals surface area contributed by atoms with Crippen LogP contribution in [0.2, 0.25) is 0 Å². The lowest BCUT2D eigenvalue weighted by atomic mass is 10.1. The van der Waals surface area contributed by atoms with Gasteiger partial charge in [-0.05, 0) is 66.4 Å². The van der Waals surface area contributed by atoms with Crippen molar-refractivity contribution in [2.45, 2.75) is 39.2 Å². The topological polar surface area (TPSA) is 46.9 Å². The molecule has 0 aliphatic rings. The number of hydrogen-bond acceptors (Lipinski definition) is 2. The molecule has 0 atom stereocenters. The highest BCUT2D eigenvalue weighted by Gasteiger charge is 2.11. The summed E-state index contributed by atoms with van der Waals surface area (Å²) in [5.41, 5.74) is 5.40. The smallest absolute Gasteiger partial charge is 0.251 e. The van der Waals surface area contributed by atoms with Crippen molar-refractivity contribution in [3.63, 3.8) is 0 Å². The molecule has 0 aliphatic heterocycles. The molecule has 0 saturated heterocycles. The fourth-order valence-corrected chi connectivity index (χ4v) is 4.61. The summed E-state index contributed by atoms with van der Waals surface area (Å²) in [6, 6.07) is 31.3. The highest BCUT2D eigenvalue weighted by Crippen LogP contribution is 2.22. The van der Waals surface area contributed by atoms with Crippen LogP contribution >= 0.6 is 0 Å². The maximum Gasteiger partial charge on any atom is 0.251 e. The average molecular weight is 462 g/mol. The van der Waals surface area contributed by atoms with Gasteiger partial charge in [0.25, 0.3) is 5.91 Å². The maximum absolute atomic E-state index is 12.3. The van der Waals surface area contributed by atoms with Crippen molar-refractivity contribution in [3.8, 4) is 0 Å². The fourth-order valence-electron chi connectivity index (χ4n) is 4.61. The summed E-state index contributed by atoms with van der Waals surface area (Å²) in [6.45, 7) is 3.53. The van der Waals surface area contributed by atoms with Gasteiger partial charge in [-0.1, -0.05) is 72.6 Å². The van der Waals surface area contributed by atoms with Crippen molar-refractivity contribution < 1.29 is 4.79 Å². The number of rotatable bonds is 9. The van der Waals surface area contributed by atoms with Crippen molar-refractivity contribution in [2.75, 3.05) is 6.54 Å². The van der Waals surface area contributed by atoms with E-state index < -0.39 is 0 Å². The number of nitrogens with one attached hydrogen (secondary N) is 1. The van der Waals surface area contributed by atoms with Gasteiger partial charge >= 0.3 is 0 Å². The number of amides is 1. The third-order valence-electron chi connectivity index (χ3n) is 6.56. The number of unbranched alkanes of at least 4 members (excludes halogenated alkanes) is 2. The van der Waals surface area contributed by atoms with Gasteiger partial charge in [0.2, 0.25) is 0 Å². The third-order valence-corrected chi connectivity index (χ3v) is 6.56. The number of benzene rings is 4. The Balaban J connectivity index is 1.20. The van der Waals surface area contributed by atoms with E-state index >= 15 is 0 Å². The van der Waals surface area contributed by atoms with E-state index in [-0.39, 0.29) is 5.91 Å². The van der Waals surface area contributed by atoms with Crippen LogP contribution in [0.1, 0.15) is 46.6 Å². The number of fused-ring (bicyclic) bond motifs is 2. The van der Waals surface area contributed by atoms with Crippen molar-refractivity contribution in [3.05, 3.63) is 114 Å². The third kappa shape index (κ3) is 5.43. The quantitative estimate of drug-likeness (QED) is 0.249. The Bertz CT molecular complexity index is 1450. The van der Waals surface area contributed by atoms with Gasteiger partial charge in [0.15, 0.2) is 0 Å². The van der Waals surface area contributed by atoms with Gasteiger partial charge in [0.05, 0.1) is 11.0 Å². The molecule has 0 spiro atoms. The minimum absolute atomic E-state index is 0.00202. The fraction of sp³-hybridized carbons (Fsp3) is 0.226. The number of para-hydroxylation sites is 2. The summed E-state index contributed by atoms with van der Waals surface area (Å²) in [4.78, 5) is 17.2. The monoisotopic (exact) mass is 461 g/mol. The van der Waals surface area contributed by atoms with Gasteiger partial charge in [0, 0.05) is 25.1 Å². The van der Waals surface area contributed by atoms with E-state index in [1.807, 2.05) is 31.2 Å². The highest BCUT2D eigenvalue weighted by molar-refractivity contribution is 5.94. The van der Waals surface area contributed by atoms with E-state index in [4.69, 9.17) is 4.98 Å². The van der Waals surface area contributed by atoms with Gasteiger partial charge in [-0.15, -0.1) is 0 Å². The number of aryl methyl sites for hydroxylation is 2. The number of carbonyl (C=O) groups excluding carboxylic acids is 1. The molecule has 1 aromatic heterocycles. The van der Waals surface area contributed by atoms with Crippen LogP contribution in [0.25, 0.3) is 21.8 Å². The van der Waals surface area contributed by atoms with E-state index in [2.05, 4.69) is 76.6 Å². The first-order valence-electron chi connectivity index (χ1n) is 12.4. The second kappa shape index (κ2) is 10.6. The molecule has 0 unspecified atom stereocenters. The van der Waals surface area contributed by atoms with E-state index in [1.54, 1.807) is 0 Å². The van der Waals surface area contributed by atoms with Crippen molar-refractivity contribution in [1.82, 2.24) is 14.9 Å².